The van der Waals surface area contributed by atoms with Crippen LogP contribution in [-0.4, -0.2) is 25.3 Å². The van der Waals surface area contributed by atoms with Crippen LogP contribution in [0, 0.1) is 6.92 Å². The summed E-state index contributed by atoms with van der Waals surface area (Å²) in [6.45, 7) is 4.56. The molecule has 0 saturated heterocycles. The fraction of sp³-hybridized carbons (Fsp3) is 0.417. The first-order valence-corrected chi connectivity index (χ1v) is 5.84. The third-order valence-corrected chi connectivity index (χ3v) is 2.63. The molecule has 16 heavy (non-hydrogen) atoms. The van der Waals surface area contributed by atoms with Crippen molar-refractivity contribution in [1.29, 1.82) is 0 Å². The SMILES string of the molecule is CCOc1ccc(N(C)C(=O)CS)cc1C. The van der Waals surface area contributed by atoms with E-state index in [2.05, 4.69) is 12.6 Å². The van der Waals surface area contributed by atoms with Gasteiger partial charge < -0.3 is 9.64 Å². The zero-order valence-corrected chi connectivity index (χ0v) is 10.8. The van der Waals surface area contributed by atoms with Crippen LogP contribution in [0.3, 0.4) is 0 Å². The summed E-state index contributed by atoms with van der Waals surface area (Å²) < 4.78 is 5.44. The van der Waals surface area contributed by atoms with Crippen molar-refractivity contribution in [3.05, 3.63) is 23.8 Å². The molecule has 1 rings (SSSR count). The van der Waals surface area contributed by atoms with E-state index < -0.39 is 0 Å². The Morgan fingerprint density at radius 3 is 2.69 bits per heavy atom. The van der Waals surface area contributed by atoms with Gasteiger partial charge in [0.15, 0.2) is 0 Å². The molecule has 4 heteroatoms. The van der Waals surface area contributed by atoms with Crippen LogP contribution in [0.4, 0.5) is 5.69 Å². The van der Waals surface area contributed by atoms with E-state index >= 15 is 0 Å². The zero-order chi connectivity index (χ0) is 12.1. The van der Waals surface area contributed by atoms with Crippen molar-refractivity contribution in [2.24, 2.45) is 0 Å². The van der Waals surface area contributed by atoms with Gasteiger partial charge in [0.05, 0.1) is 12.4 Å². The second-order valence-corrected chi connectivity index (χ2v) is 3.81. The van der Waals surface area contributed by atoms with Crippen LogP contribution in [0.1, 0.15) is 12.5 Å². The lowest BCUT2D eigenvalue weighted by atomic mass is 10.2. The highest BCUT2D eigenvalue weighted by atomic mass is 32.1. The Hall–Kier alpha value is -1.16. The van der Waals surface area contributed by atoms with Gasteiger partial charge in [-0.1, -0.05) is 0 Å². The lowest BCUT2D eigenvalue weighted by molar-refractivity contribution is -0.115. The number of amides is 1. The van der Waals surface area contributed by atoms with Crippen molar-refractivity contribution in [2.45, 2.75) is 13.8 Å². The third-order valence-electron chi connectivity index (χ3n) is 2.36. The number of anilines is 1. The number of nitrogens with zero attached hydrogens (tertiary/aromatic N) is 1. The highest BCUT2D eigenvalue weighted by molar-refractivity contribution is 7.81. The highest BCUT2D eigenvalue weighted by Gasteiger charge is 2.10. The van der Waals surface area contributed by atoms with Crippen molar-refractivity contribution in [1.82, 2.24) is 0 Å². The third kappa shape index (κ3) is 2.92. The van der Waals surface area contributed by atoms with Crippen LogP contribution in [0.2, 0.25) is 0 Å². The maximum Gasteiger partial charge on any atom is 0.236 e. The summed E-state index contributed by atoms with van der Waals surface area (Å²) in [4.78, 5) is 13.0. The topological polar surface area (TPSA) is 29.5 Å². The van der Waals surface area contributed by atoms with E-state index in [0.29, 0.717) is 6.61 Å². The largest absolute Gasteiger partial charge is 0.494 e. The smallest absolute Gasteiger partial charge is 0.236 e. The molecule has 0 fully saturated rings. The van der Waals surface area contributed by atoms with E-state index in [1.165, 1.54) is 0 Å². The minimum absolute atomic E-state index is 0.0214. The molecule has 88 valence electrons. The molecule has 0 spiro atoms. The van der Waals surface area contributed by atoms with Gasteiger partial charge >= 0.3 is 0 Å². The number of hydrogen-bond donors (Lipinski definition) is 1. The quantitative estimate of drug-likeness (QED) is 0.817. The number of carbonyl (C=O) groups excluding carboxylic acids is 1. The number of thiol groups is 1. The fourth-order valence-electron chi connectivity index (χ4n) is 1.41. The number of rotatable bonds is 4. The predicted octanol–water partition coefficient (Wildman–Crippen LogP) is 2.29. The summed E-state index contributed by atoms with van der Waals surface area (Å²) in [6, 6.07) is 5.70. The van der Waals surface area contributed by atoms with Crippen molar-refractivity contribution < 1.29 is 9.53 Å². The minimum Gasteiger partial charge on any atom is -0.494 e. The van der Waals surface area contributed by atoms with Crippen LogP contribution in [0.5, 0.6) is 5.75 Å². The summed E-state index contributed by atoms with van der Waals surface area (Å²) in [6.07, 6.45) is 0. The summed E-state index contributed by atoms with van der Waals surface area (Å²) in [5.74, 6) is 1.05. The molecule has 0 N–H and O–H groups in total. The Bertz CT molecular complexity index is 379. The lowest BCUT2D eigenvalue weighted by Crippen LogP contribution is -2.27. The molecule has 0 aliphatic rings. The molecule has 0 aromatic heterocycles. The molecule has 0 unspecified atom stereocenters. The molecule has 1 amide bonds. The van der Waals surface area contributed by atoms with E-state index in [-0.39, 0.29) is 11.7 Å². The normalized spacial score (nSPS) is 10.0. The second-order valence-electron chi connectivity index (χ2n) is 3.49. The van der Waals surface area contributed by atoms with Crippen molar-refractivity contribution in [3.8, 4) is 5.75 Å². The average Bonchev–Trinajstić information content (AvgIpc) is 2.30. The van der Waals surface area contributed by atoms with E-state index in [1.807, 2.05) is 32.0 Å². The first kappa shape index (κ1) is 12.9. The van der Waals surface area contributed by atoms with Crippen LogP contribution in [0.15, 0.2) is 18.2 Å². The van der Waals surface area contributed by atoms with Crippen LogP contribution in [0.25, 0.3) is 0 Å². The van der Waals surface area contributed by atoms with Crippen molar-refractivity contribution >= 4 is 24.2 Å². The van der Waals surface area contributed by atoms with Gasteiger partial charge in [0, 0.05) is 12.7 Å². The maximum atomic E-state index is 11.5. The molecule has 0 bridgehead atoms. The molecule has 0 heterocycles. The summed E-state index contributed by atoms with van der Waals surface area (Å²) in [5, 5.41) is 0. The predicted molar refractivity (Wildman–Crippen MR) is 69.6 cm³/mol. The molecule has 0 aliphatic heterocycles. The second kappa shape index (κ2) is 5.80. The molecule has 1 aromatic carbocycles. The summed E-state index contributed by atoms with van der Waals surface area (Å²) in [5.41, 5.74) is 1.89. The lowest BCUT2D eigenvalue weighted by Gasteiger charge is -2.18. The molecule has 0 aliphatic carbocycles. The Balaban J connectivity index is 2.92. The molecular weight excluding hydrogens is 222 g/mol. The maximum absolute atomic E-state index is 11.5. The number of benzene rings is 1. The highest BCUT2D eigenvalue weighted by Crippen LogP contribution is 2.24. The van der Waals surface area contributed by atoms with Gasteiger partial charge in [0.1, 0.15) is 5.75 Å². The molecule has 3 nitrogen and oxygen atoms in total. The molecule has 1 aromatic rings. The average molecular weight is 239 g/mol. The molecular formula is C12H17NO2S. The first-order valence-electron chi connectivity index (χ1n) is 5.21. The Labute approximate surface area is 102 Å². The van der Waals surface area contributed by atoms with Gasteiger partial charge in [0.2, 0.25) is 5.91 Å². The van der Waals surface area contributed by atoms with Crippen molar-refractivity contribution in [3.63, 3.8) is 0 Å². The van der Waals surface area contributed by atoms with Gasteiger partial charge in [-0.3, -0.25) is 4.79 Å². The molecule has 0 radical (unpaired) electrons. The van der Waals surface area contributed by atoms with Crippen molar-refractivity contribution in [2.75, 3.05) is 24.3 Å². The molecule has 0 atom stereocenters. The van der Waals surface area contributed by atoms with Gasteiger partial charge in [-0.15, -0.1) is 0 Å². The number of hydrogen-bond acceptors (Lipinski definition) is 3. The van der Waals surface area contributed by atoms with Crippen LogP contribution >= 0.6 is 12.6 Å². The summed E-state index contributed by atoms with van der Waals surface area (Å²) in [7, 11) is 1.74. The number of ether oxygens (including phenoxy) is 1. The fourth-order valence-corrected chi connectivity index (χ4v) is 1.62. The minimum atomic E-state index is -0.0214. The van der Waals surface area contributed by atoms with Crippen LogP contribution < -0.4 is 9.64 Å². The number of carbonyl (C=O) groups is 1. The number of aryl methyl sites for hydroxylation is 1. The van der Waals surface area contributed by atoms with E-state index in [1.54, 1.807) is 11.9 Å². The molecule has 0 saturated carbocycles. The van der Waals surface area contributed by atoms with Crippen LogP contribution in [-0.2, 0) is 4.79 Å². The van der Waals surface area contributed by atoms with E-state index in [0.717, 1.165) is 17.0 Å². The Kier molecular flexibility index (Phi) is 4.68. The monoisotopic (exact) mass is 239 g/mol. The first-order chi connectivity index (χ1) is 7.60. The zero-order valence-electron chi connectivity index (χ0n) is 9.86. The van der Waals surface area contributed by atoms with E-state index in [9.17, 15) is 4.79 Å². The summed E-state index contributed by atoms with van der Waals surface area (Å²) >= 11 is 3.97. The van der Waals surface area contributed by atoms with Gasteiger partial charge in [-0.05, 0) is 37.6 Å². The Morgan fingerprint density at radius 2 is 2.19 bits per heavy atom. The van der Waals surface area contributed by atoms with Gasteiger partial charge in [-0.25, -0.2) is 0 Å². The Morgan fingerprint density at radius 1 is 1.50 bits per heavy atom. The standard InChI is InChI=1S/C12H17NO2S/c1-4-15-11-6-5-10(7-9(11)2)13(3)12(14)8-16/h5-7,16H,4,8H2,1-3H3. The van der Waals surface area contributed by atoms with Gasteiger partial charge in [-0.2, -0.15) is 12.6 Å². The van der Waals surface area contributed by atoms with Gasteiger partial charge in [0.25, 0.3) is 0 Å². The van der Waals surface area contributed by atoms with E-state index in [4.69, 9.17) is 4.74 Å².